The van der Waals surface area contributed by atoms with Crippen LogP contribution in [-0.2, 0) is 10.0 Å². The summed E-state index contributed by atoms with van der Waals surface area (Å²) in [6.07, 6.45) is 6.21. The number of rotatable bonds is 10. The summed E-state index contributed by atoms with van der Waals surface area (Å²) in [7, 11) is -3.35. The van der Waals surface area contributed by atoms with Gasteiger partial charge in [0.05, 0.1) is 4.90 Å². The molecule has 0 saturated carbocycles. The van der Waals surface area contributed by atoms with Crippen molar-refractivity contribution in [1.29, 1.82) is 0 Å². The molecule has 0 saturated heterocycles. The van der Waals surface area contributed by atoms with Crippen LogP contribution in [0, 0.1) is 6.07 Å². The van der Waals surface area contributed by atoms with Gasteiger partial charge < -0.3 is 0 Å². The average molecular weight is 296 g/mol. The van der Waals surface area contributed by atoms with E-state index in [0.29, 0.717) is 18.0 Å². The fourth-order valence-electron chi connectivity index (χ4n) is 2.12. The minimum absolute atomic E-state index is 0.379. The van der Waals surface area contributed by atoms with Gasteiger partial charge in [-0.2, -0.15) is 4.31 Å². The van der Waals surface area contributed by atoms with Gasteiger partial charge in [-0.05, 0) is 31.0 Å². The van der Waals surface area contributed by atoms with Crippen molar-refractivity contribution in [2.45, 2.75) is 57.3 Å². The molecule has 1 radical (unpaired) electrons. The first-order chi connectivity index (χ1) is 9.62. The molecule has 3 nitrogen and oxygen atoms in total. The number of sulfonamides is 1. The molecule has 0 fully saturated rings. The predicted molar refractivity (Wildman–Crippen MR) is 83.1 cm³/mol. The van der Waals surface area contributed by atoms with Crippen LogP contribution in [0.2, 0.25) is 0 Å². The van der Waals surface area contributed by atoms with Crippen LogP contribution in [-0.4, -0.2) is 25.8 Å². The fraction of sp³-hybridized carbons (Fsp3) is 0.625. The van der Waals surface area contributed by atoms with E-state index < -0.39 is 10.0 Å². The molecule has 0 amide bonds. The molecule has 0 N–H and O–H groups in total. The summed E-state index contributed by atoms with van der Waals surface area (Å²) in [5.74, 6) is 0. The summed E-state index contributed by atoms with van der Waals surface area (Å²) in [6, 6.07) is 9.43. The first-order valence-corrected chi connectivity index (χ1v) is 9.03. The Bertz CT molecular complexity index is 447. The van der Waals surface area contributed by atoms with E-state index in [9.17, 15) is 8.42 Å². The van der Waals surface area contributed by atoms with Crippen molar-refractivity contribution in [2.24, 2.45) is 0 Å². The highest BCUT2D eigenvalue weighted by Gasteiger charge is 2.23. The molecule has 0 aliphatic carbocycles. The normalized spacial score (nSPS) is 11.9. The number of benzene rings is 1. The lowest BCUT2D eigenvalue weighted by molar-refractivity contribution is 0.388. The van der Waals surface area contributed by atoms with Gasteiger partial charge in [0, 0.05) is 13.1 Å². The summed E-state index contributed by atoms with van der Waals surface area (Å²) in [5, 5.41) is 0. The Morgan fingerprint density at radius 3 is 1.90 bits per heavy atom. The monoisotopic (exact) mass is 296 g/mol. The maximum atomic E-state index is 12.6. The predicted octanol–water partition coefficient (Wildman–Crippen LogP) is 3.86. The quantitative estimate of drug-likeness (QED) is 0.615. The Hall–Kier alpha value is -0.870. The van der Waals surface area contributed by atoms with Crippen molar-refractivity contribution >= 4 is 10.0 Å². The molecule has 1 aromatic carbocycles. The zero-order valence-electron chi connectivity index (χ0n) is 12.6. The zero-order valence-corrected chi connectivity index (χ0v) is 13.5. The molecule has 0 bridgehead atoms. The van der Waals surface area contributed by atoms with E-state index in [1.807, 2.05) is 0 Å². The van der Waals surface area contributed by atoms with Crippen LogP contribution in [0.25, 0.3) is 0 Å². The van der Waals surface area contributed by atoms with Crippen LogP contribution in [0.4, 0.5) is 0 Å². The summed E-state index contributed by atoms with van der Waals surface area (Å²) in [4.78, 5) is 0.379. The van der Waals surface area contributed by atoms with Gasteiger partial charge >= 0.3 is 0 Å². The maximum absolute atomic E-state index is 12.6. The second-order valence-corrected chi connectivity index (χ2v) is 6.99. The molecule has 0 spiro atoms. The third-order valence-electron chi connectivity index (χ3n) is 3.35. The molecular formula is C16H26NO2S. The standard InChI is InChI=1S/C16H26NO2S/c1-3-5-10-14-17(15-11-6-4-2)20(18,19)16-12-8-7-9-13-16/h8-9,12-13H,3-6,10-11,14-15H2,1-2H3. The van der Waals surface area contributed by atoms with Gasteiger partial charge in [-0.3, -0.25) is 0 Å². The largest absolute Gasteiger partial charge is 0.243 e. The van der Waals surface area contributed by atoms with E-state index in [0.717, 1.165) is 38.5 Å². The Morgan fingerprint density at radius 2 is 1.45 bits per heavy atom. The molecule has 113 valence electrons. The Morgan fingerprint density at radius 1 is 0.950 bits per heavy atom. The molecule has 0 unspecified atom stereocenters. The number of unbranched alkanes of at least 4 members (excludes halogenated alkanes) is 4. The highest BCUT2D eigenvalue weighted by molar-refractivity contribution is 7.89. The SMILES string of the molecule is CCCCCN(CCCCC)S(=O)(=O)c1cc[c]cc1. The van der Waals surface area contributed by atoms with Gasteiger partial charge in [-0.15, -0.1) is 0 Å². The molecule has 0 heterocycles. The Balaban J connectivity index is 2.79. The van der Waals surface area contributed by atoms with Crippen molar-refractivity contribution in [3.63, 3.8) is 0 Å². The summed E-state index contributed by atoms with van der Waals surface area (Å²) in [5.41, 5.74) is 0. The molecule has 1 aromatic rings. The zero-order chi connectivity index (χ0) is 14.8. The lowest BCUT2D eigenvalue weighted by Crippen LogP contribution is -2.33. The van der Waals surface area contributed by atoms with Crippen molar-refractivity contribution in [3.8, 4) is 0 Å². The molecule has 0 aliphatic heterocycles. The van der Waals surface area contributed by atoms with Crippen LogP contribution in [0.15, 0.2) is 29.2 Å². The molecule has 0 aromatic heterocycles. The van der Waals surface area contributed by atoms with E-state index in [2.05, 4.69) is 19.9 Å². The van der Waals surface area contributed by atoms with Crippen molar-refractivity contribution in [2.75, 3.05) is 13.1 Å². The molecule has 0 aliphatic rings. The highest BCUT2D eigenvalue weighted by Crippen LogP contribution is 2.17. The van der Waals surface area contributed by atoms with E-state index in [1.54, 1.807) is 28.6 Å². The average Bonchev–Trinajstić information content (AvgIpc) is 2.47. The number of hydrogen-bond donors (Lipinski definition) is 0. The lowest BCUT2D eigenvalue weighted by Gasteiger charge is -2.22. The number of hydrogen-bond acceptors (Lipinski definition) is 2. The second kappa shape index (κ2) is 9.14. The minimum Gasteiger partial charge on any atom is -0.207 e. The van der Waals surface area contributed by atoms with Gasteiger partial charge in [0.15, 0.2) is 0 Å². The first-order valence-electron chi connectivity index (χ1n) is 7.59. The summed E-state index contributed by atoms with van der Waals surface area (Å²) >= 11 is 0. The second-order valence-electron chi connectivity index (χ2n) is 5.05. The maximum Gasteiger partial charge on any atom is 0.243 e. The van der Waals surface area contributed by atoms with Crippen LogP contribution < -0.4 is 0 Å². The van der Waals surface area contributed by atoms with Gasteiger partial charge in [0.1, 0.15) is 0 Å². The summed E-state index contributed by atoms with van der Waals surface area (Å²) in [6.45, 7) is 5.50. The van der Waals surface area contributed by atoms with E-state index >= 15 is 0 Å². The molecular weight excluding hydrogens is 270 g/mol. The minimum atomic E-state index is -3.35. The third kappa shape index (κ3) is 5.25. The van der Waals surface area contributed by atoms with Crippen molar-refractivity contribution < 1.29 is 8.42 Å². The van der Waals surface area contributed by atoms with Gasteiger partial charge in [0.2, 0.25) is 10.0 Å². The molecule has 1 rings (SSSR count). The topological polar surface area (TPSA) is 37.4 Å². The smallest absolute Gasteiger partial charge is 0.207 e. The highest BCUT2D eigenvalue weighted by atomic mass is 32.2. The van der Waals surface area contributed by atoms with Crippen LogP contribution >= 0.6 is 0 Å². The van der Waals surface area contributed by atoms with Crippen LogP contribution in [0.5, 0.6) is 0 Å². The lowest BCUT2D eigenvalue weighted by atomic mass is 10.2. The Labute approximate surface area is 124 Å². The van der Waals surface area contributed by atoms with Crippen molar-refractivity contribution in [1.82, 2.24) is 4.31 Å². The van der Waals surface area contributed by atoms with E-state index in [1.165, 1.54) is 0 Å². The summed E-state index contributed by atoms with van der Waals surface area (Å²) < 4.78 is 26.9. The van der Waals surface area contributed by atoms with E-state index in [4.69, 9.17) is 0 Å². The van der Waals surface area contributed by atoms with E-state index in [-0.39, 0.29) is 0 Å². The van der Waals surface area contributed by atoms with Gasteiger partial charge in [-0.1, -0.05) is 51.7 Å². The fourth-order valence-corrected chi connectivity index (χ4v) is 3.64. The molecule has 4 heteroatoms. The number of nitrogens with zero attached hydrogens (tertiary/aromatic N) is 1. The Kier molecular flexibility index (Phi) is 7.85. The van der Waals surface area contributed by atoms with Gasteiger partial charge in [0.25, 0.3) is 0 Å². The first kappa shape index (κ1) is 17.2. The van der Waals surface area contributed by atoms with Crippen LogP contribution in [0.3, 0.4) is 0 Å². The third-order valence-corrected chi connectivity index (χ3v) is 5.26. The molecule has 20 heavy (non-hydrogen) atoms. The van der Waals surface area contributed by atoms with Gasteiger partial charge in [-0.25, -0.2) is 8.42 Å². The van der Waals surface area contributed by atoms with Crippen molar-refractivity contribution in [3.05, 3.63) is 30.3 Å². The van der Waals surface area contributed by atoms with Crippen LogP contribution in [0.1, 0.15) is 52.4 Å². The molecule has 0 atom stereocenters.